The summed E-state index contributed by atoms with van der Waals surface area (Å²) in [4.78, 5) is 3.94. The quantitative estimate of drug-likeness (QED) is 0.908. The summed E-state index contributed by atoms with van der Waals surface area (Å²) < 4.78 is 0. The molecule has 18 heavy (non-hydrogen) atoms. The lowest BCUT2D eigenvalue weighted by molar-refractivity contribution is 0.721. The van der Waals surface area contributed by atoms with E-state index in [1.54, 1.807) is 18.3 Å². The highest BCUT2D eigenvalue weighted by Gasteiger charge is 2.09. The van der Waals surface area contributed by atoms with Crippen LogP contribution in [0.1, 0.15) is 17.2 Å². The van der Waals surface area contributed by atoms with Crippen molar-refractivity contribution in [3.05, 3.63) is 57.7 Å². The van der Waals surface area contributed by atoms with Crippen LogP contribution in [0.15, 0.2) is 36.5 Å². The molecule has 3 nitrogen and oxygen atoms in total. The Labute approximate surface area is 116 Å². The molecule has 0 spiro atoms. The van der Waals surface area contributed by atoms with Crippen molar-refractivity contribution in [2.45, 2.75) is 12.5 Å². The Kier molecular flexibility index (Phi) is 4.07. The number of hydrogen-bond donors (Lipinski definition) is 2. The summed E-state index contributed by atoms with van der Waals surface area (Å²) in [5.41, 5.74) is 13.7. The largest absolute Gasteiger partial charge is 0.384 e. The van der Waals surface area contributed by atoms with Crippen molar-refractivity contribution in [1.29, 1.82) is 0 Å². The second-order valence-electron chi connectivity index (χ2n) is 4.07. The summed E-state index contributed by atoms with van der Waals surface area (Å²) in [7, 11) is 0. The van der Waals surface area contributed by atoms with Crippen LogP contribution in [0.4, 0.5) is 5.82 Å². The molecule has 0 fully saturated rings. The van der Waals surface area contributed by atoms with E-state index in [2.05, 4.69) is 4.98 Å². The highest BCUT2D eigenvalue weighted by molar-refractivity contribution is 6.42. The summed E-state index contributed by atoms with van der Waals surface area (Å²) in [6.07, 6.45) is 2.34. The Balaban J connectivity index is 2.16. The van der Waals surface area contributed by atoms with Crippen LogP contribution >= 0.6 is 23.2 Å². The molecule has 94 valence electrons. The van der Waals surface area contributed by atoms with E-state index in [9.17, 15) is 0 Å². The molecule has 0 saturated carbocycles. The third-order valence-corrected chi connectivity index (χ3v) is 3.41. The number of nitrogens with zero attached hydrogens (tertiary/aromatic N) is 1. The first-order chi connectivity index (χ1) is 8.56. The molecule has 0 aliphatic carbocycles. The van der Waals surface area contributed by atoms with Gasteiger partial charge in [0.05, 0.1) is 10.0 Å². The lowest BCUT2D eigenvalue weighted by Gasteiger charge is -2.13. The van der Waals surface area contributed by atoms with Crippen LogP contribution in [0, 0.1) is 0 Å². The second-order valence-corrected chi connectivity index (χ2v) is 4.89. The van der Waals surface area contributed by atoms with Gasteiger partial charge in [-0.1, -0.05) is 29.3 Å². The van der Waals surface area contributed by atoms with E-state index in [1.165, 1.54) is 0 Å². The summed E-state index contributed by atoms with van der Waals surface area (Å²) in [6, 6.07) is 8.98. The SMILES string of the molecule is Nc1cc(CC(N)c2ccc(Cl)c(Cl)c2)ccn1. The third kappa shape index (κ3) is 3.13. The molecule has 0 bridgehead atoms. The van der Waals surface area contributed by atoms with Crippen LogP contribution in [0.25, 0.3) is 0 Å². The van der Waals surface area contributed by atoms with Gasteiger partial charge in [0.15, 0.2) is 0 Å². The molecular formula is C13H13Cl2N3. The van der Waals surface area contributed by atoms with E-state index in [1.807, 2.05) is 18.2 Å². The lowest BCUT2D eigenvalue weighted by atomic mass is 10.0. The summed E-state index contributed by atoms with van der Waals surface area (Å²) in [6.45, 7) is 0. The first kappa shape index (κ1) is 13.1. The molecule has 0 aliphatic rings. The minimum absolute atomic E-state index is 0.151. The lowest BCUT2D eigenvalue weighted by Crippen LogP contribution is -2.13. The normalized spacial score (nSPS) is 12.4. The second kappa shape index (κ2) is 5.57. The maximum atomic E-state index is 6.13. The van der Waals surface area contributed by atoms with Gasteiger partial charge in [-0.15, -0.1) is 0 Å². The van der Waals surface area contributed by atoms with Crippen molar-refractivity contribution >= 4 is 29.0 Å². The maximum absolute atomic E-state index is 6.13. The molecule has 1 atom stereocenters. The summed E-state index contributed by atoms with van der Waals surface area (Å²) >= 11 is 11.8. The fraction of sp³-hybridized carbons (Fsp3) is 0.154. The van der Waals surface area contributed by atoms with E-state index >= 15 is 0 Å². The monoisotopic (exact) mass is 281 g/mol. The molecule has 2 aromatic rings. The van der Waals surface area contributed by atoms with Crippen LogP contribution in [-0.2, 0) is 6.42 Å². The van der Waals surface area contributed by atoms with Gasteiger partial charge in [-0.25, -0.2) is 4.98 Å². The summed E-state index contributed by atoms with van der Waals surface area (Å²) in [5, 5.41) is 1.04. The molecule has 4 N–H and O–H groups in total. The fourth-order valence-corrected chi connectivity index (χ4v) is 2.04. The standard InChI is InChI=1S/C13H13Cl2N3/c14-10-2-1-9(7-11(10)15)12(16)5-8-3-4-18-13(17)6-8/h1-4,6-7,12H,5,16H2,(H2,17,18). The van der Waals surface area contributed by atoms with E-state index < -0.39 is 0 Å². The first-order valence-corrected chi connectivity index (χ1v) is 6.23. The van der Waals surface area contributed by atoms with Gasteiger partial charge in [0, 0.05) is 12.2 Å². The van der Waals surface area contributed by atoms with Crippen molar-refractivity contribution in [3.8, 4) is 0 Å². The fourth-order valence-electron chi connectivity index (χ4n) is 1.74. The Morgan fingerprint density at radius 2 is 1.89 bits per heavy atom. The molecule has 0 saturated heterocycles. The molecule has 5 heteroatoms. The zero-order valence-electron chi connectivity index (χ0n) is 9.61. The predicted octanol–water partition coefficient (Wildman–Crippen LogP) is 3.21. The van der Waals surface area contributed by atoms with Gasteiger partial charge in [-0.2, -0.15) is 0 Å². The van der Waals surface area contributed by atoms with E-state index in [0.29, 0.717) is 22.3 Å². The minimum atomic E-state index is -0.151. The van der Waals surface area contributed by atoms with Gasteiger partial charge in [0.2, 0.25) is 0 Å². The number of benzene rings is 1. The maximum Gasteiger partial charge on any atom is 0.123 e. The van der Waals surface area contributed by atoms with Crippen LogP contribution < -0.4 is 11.5 Å². The van der Waals surface area contributed by atoms with Gasteiger partial charge < -0.3 is 11.5 Å². The topological polar surface area (TPSA) is 64.9 Å². The van der Waals surface area contributed by atoms with Crippen molar-refractivity contribution in [2.75, 3.05) is 5.73 Å². The smallest absolute Gasteiger partial charge is 0.123 e. The Hall–Kier alpha value is -1.29. The third-order valence-electron chi connectivity index (χ3n) is 2.67. The predicted molar refractivity (Wildman–Crippen MR) is 75.7 cm³/mol. The average molecular weight is 282 g/mol. The Morgan fingerprint density at radius 1 is 1.11 bits per heavy atom. The zero-order valence-corrected chi connectivity index (χ0v) is 11.1. The van der Waals surface area contributed by atoms with Crippen LogP contribution in [0.2, 0.25) is 10.0 Å². The van der Waals surface area contributed by atoms with Crippen LogP contribution in [-0.4, -0.2) is 4.98 Å². The van der Waals surface area contributed by atoms with Crippen molar-refractivity contribution in [3.63, 3.8) is 0 Å². The van der Waals surface area contributed by atoms with E-state index in [4.69, 9.17) is 34.7 Å². The zero-order chi connectivity index (χ0) is 13.1. The van der Waals surface area contributed by atoms with Crippen molar-refractivity contribution in [1.82, 2.24) is 4.98 Å². The van der Waals surface area contributed by atoms with Gasteiger partial charge in [-0.05, 0) is 41.8 Å². The number of hydrogen-bond acceptors (Lipinski definition) is 3. The highest BCUT2D eigenvalue weighted by atomic mass is 35.5. The van der Waals surface area contributed by atoms with Gasteiger partial charge in [-0.3, -0.25) is 0 Å². The molecular weight excluding hydrogens is 269 g/mol. The number of nitrogen functional groups attached to an aromatic ring is 1. The van der Waals surface area contributed by atoms with Gasteiger partial charge >= 0.3 is 0 Å². The molecule has 1 aromatic heterocycles. The number of aromatic nitrogens is 1. The first-order valence-electron chi connectivity index (χ1n) is 5.47. The van der Waals surface area contributed by atoms with Crippen molar-refractivity contribution in [2.24, 2.45) is 5.73 Å². The highest BCUT2D eigenvalue weighted by Crippen LogP contribution is 2.26. The Bertz CT molecular complexity index is 558. The molecule has 0 amide bonds. The molecule has 1 aromatic carbocycles. The molecule has 0 aliphatic heterocycles. The molecule has 0 radical (unpaired) electrons. The molecule has 1 heterocycles. The van der Waals surface area contributed by atoms with E-state index in [0.717, 1.165) is 11.1 Å². The number of anilines is 1. The average Bonchev–Trinajstić information content (AvgIpc) is 2.32. The van der Waals surface area contributed by atoms with Gasteiger partial charge in [0.25, 0.3) is 0 Å². The Morgan fingerprint density at radius 3 is 2.56 bits per heavy atom. The number of rotatable bonds is 3. The minimum Gasteiger partial charge on any atom is -0.384 e. The van der Waals surface area contributed by atoms with Gasteiger partial charge in [0.1, 0.15) is 5.82 Å². The van der Waals surface area contributed by atoms with Crippen molar-refractivity contribution < 1.29 is 0 Å². The number of halogens is 2. The molecule has 1 unspecified atom stereocenters. The number of pyridine rings is 1. The molecule has 2 rings (SSSR count). The van der Waals surface area contributed by atoms with E-state index in [-0.39, 0.29) is 6.04 Å². The number of nitrogens with two attached hydrogens (primary N) is 2. The summed E-state index contributed by atoms with van der Waals surface area (Å²) in [5.74, 6) is 0.494. The van der Waals surface area contributed by atoms with Crippen LogP contribution in [0.3, 0.4) is 0 Å². The van der Waals surface area contributed by atoms with Crippen LogP contribution in [0.5, 0.6) is 0 Å².